The predicted molar refractivity (Wildman–Crippen MR) is 210 cm³/mol. The summed E-state index contributed by atoms with van der Waals surface area (Å²) in [5.74, 6) is -0.836. The van der Waals surface area contributed by atoms with Crippen molar-refractivity contribution in [2.75, 3.05) is 0 Å². The Balaban J connectivity index is 0.000000208. The van der Waals surface area contributed by atoms with E-state index in [-0.39, 0.29) is 64.9 Å². The molecule has 0 fully saturated rings. The minimum atomic E-state index is -0.139. The second kappa shape index (κ2) is 21.6. The molecule has 0 saturated heterocycles. The van der Waals surface area contributed by atoms with Crippen LogP contribution in [-0.4, -0.2) is 45.7 Å². The predicted octanol–water partition coefficient (Wildman–Crippen LogP) is 7.98. The third-order valence-electron chi connectivity index (χ3n) is 7.54. The van der Waals surface area contributed by atoms with Crippen LogP contribution in [0.4, 0.5) is 0 Å². The first-order valence-electron chi connectivity index (χ1n) is 16.3. The quantitative estimate of drug-likeness (QED) is 0.0728. The molecule has 0 amide bonds. The van der Waals surface area contributed by atoms with Crippen LogP contribution in [0, 0.1) is 0 Å². The van der Waals surface area contributed by atoms with Gasteiger partial charge in [0.25, 0.3) is 0 Å². The molecule has 6 rings (SSSR count). The summed E-state index contributed by atoms with van der Waals surface area (Å²) in [5.41, 5.74) is 3.48. The van der Waals surface area contributed by atoms with Gasteiger partial charge in [0.15, 0.2) is 34.7 Å². The summed E-state index contributed by atoms with van der Waals surface area (Å²) in [7, 11) is 0. The van der Waals surface area contributed by atoms with Crippen LogP contribution in [0.3, 0.4) is 0 Å². The Morgan fingerprint density at radius 3 is 0.462 bits per heavy atom. The lowest BCUT2D eigenvalue weighted by molar-refractivity contribution is 0.0878. The van der Waals surface area contributed by atoms with E-state index in [4.69, 9.17) is 0 Å². The van der Waals surface area contributed by atoms with Crippen LogP contribution >= 0.6 is 0 Å². The molecule has 260 valence electrons. The summed E-state index contributed by atoms with van der Waals surface area (Å²) < 4.78 is 0. The number of hydrogen-bond donors (Lipinski definition) is 0. The summed E-state index contributed by atoms with van der Waals surface area (Å²) in [4.78, 5) is 70.8. The Morgan fingerprint density at radius 2 is 0.346 bits per heavy atom. The van der Waals surface area contributed by atoms with Crippen LogP contribution in [0.25, 0.3) is 0 Å². The van der Waals surface area contributed by atoms with E-state index in [1.807, 2.05) is 36.4 Å². The molecule has 0 unspecified atom stereocenters. The van der Waals surface area contributed by atoms with E-state index in [2.05, 4.69) is 0 Å². The van der Waals surface area contributed by atoms with Crippen molar-refractivity contribution in [2.45, 2.75) is 19.3 Å². The monoisotopic (exact) mass is 704 g/mol. The Hall–Kier alpha value is -6.44. The molecule has 7 heteroatoms. The molecule has 0 aliphatic heterocycles. The number of rotatable bonds is 12. The van der Waals surface area contributed by atoms with Crippen LogP contribution in [-0.2, 0) is 0 Å². The van der Waals surface area contributed by atoms with Crippen LogP contribution in [0.5, 0.6) is 0 Å². The molecule has 52 heavy (non-hydrogen) atoms. The second-order valence-corrected chi connectivity index (χ2v) is 11.3. The van der Waals surface area contributed by atoms with Crippen molar-refractivity contribution in [2.24, 2.45) is 0 Å². The normalized spacial score (nSPS) is 9.69. The number of carbonyl (C=O) groups is 6. The van der Waals surface area contributed by atoms with Crippen molar-refractivity contribution in [3.05, 3.63) is 215 Å². The standard InChI is InChI=1S/3C15H12O2.H4Si/c3*16-14(12-7-3-1-4-8-12)11-15(17)13-9-5-2-6-10-13;/h3*1-10H,11H2;1H4. The highest BCUT2D eigenvalue weighted by molar-refractivity contribution is 6.15. The molecule has 0 bridgehead atoms. The summed E-state index contributed by atoms with van der Waals surface area (Å²) >= 11 is 0. The first-order valence-corrected chi connectivity index (χ1v) is 16.3. The smallest absolute Gasteiger partial charge is 0.170 e. The highest BCUT2D eigenvalue weighted by Gasteiger charge is 2.14. The van der Waals surface area contributed by atoms with Crippen LogP contribution < -0.4 is 0 Å². The zero-order valence-electron chi connectivity index (χ0n) is 27.9. The fourth-order valence-electron chi connectivity index (χ4n) is 4.79. The average Bonchev–Trinajstić information content (AvgIpc) is 3.20. The fourth-order valence-corrected chi connectivity index (χ4v) is 4.79. The zero-order valence-corrected chi connectivity index (χ0v) is 27.9. The highest BCUT2D eigenvalue weighted by atomic mass is 28.1. The summed E-state index contributed by atoms with van der Waals surface area (Å²) in [6.45, 7) is 0. The fraction of sp³-hybridized carbons (Fsp3) is 0.0667. The van der Waals surface area contributed by atoms with E-state index in [1.165, 1.54) is 0 Å². The summed E-state index contributed by atoms with van der Waals surface area (Å²) in [6, 6.07) is 53.2. The van der Waals surface area contributed by atoms with Gasteiger partial charge in [0, 0.05) is 33.4 Å². The Kier molecular flexibility index (Phi) is 16.6. The van der Waals surface area contributed by atoms with Gasteiger partial charge in [-0.25, -0.2) is 0 Å². The topological polar surface area (TPSA) is 102 Å². The molecule has 0 saturated carbocycles. The number of hydrogen-bond acceptors (Lipinski definition) is 6. The maximum absolute atomic E-state index is 11.8. The van der Waals surface area contributed by atoms with Crippen molar-refractivity contribution in [1.82, 2.24) is 0 Å². The van der Waals surface area contributed by atoms with Crippen molar-refractivity contribution in [3.63, 3.8) is 0 Å². The molecule has 0 atom stereocenters. The average molecular weight is 705 g/mol. The van der Waals surface area contributed by atoms with Crippen molar-refractivity contribution in [3.8, 4) is 0 Å². The Morgan fingerprint density at radius 1 is 0.231 bits per heavy atom. The van der Waals surface area contributed by atoms with E-state index in [0.29, 0.717) is 33.4 Å². The van der Waals surface area contributed by atoms with Gasteiger partial charge in [0.2, 0.25) is 0 Å². The molecule has 0 aromatic heterocycles. The summed E-state index contributed by atoms with van der Waals surface area (Å²) in [5, 5.41) is 0. The Labute approximate surface area is 308 Å². The van der Waals surface area contributed by atoms with Crippen molar-refractivity contribution >= 4 is 45.7 Å². The Bertz CT molecular complexity index is 1640. The third kappa shape index (κ3) is 13.1. The molecular weight excluding hydrogens is 665 g/mol. The second-order valence-electron chi connectivity index (χ2n) is 11.3. The van der Waals surface area contributed by atoms with Gasteiger partial charge >= 0.3 is 0 Å². The van der Waals surface area contributed by atoms with E-state index in [9.17, 15) is 28.8 Å². The lowest BCUT2D eigenvalue weighted by atomic mass is 10.0. The first kappa shape index (κ1) is 40.0. The first-order chi connectivity index (χ1) is 24.8. The molecule has 0 aliphatic rings. The molecule has 6 aromatic rings. The van der Waals surface area contributed by atoms with Crippen molar-refractivity contribution < 1.29 is 28.8 Å². The molecule has 0 spiro atoms. The van der Waals surface area contributed by atoms with Crippen LogP contribution in [0.2, 0.25) is 0 Å². The minimum Gasteiger partial charge on any atom is -0.294 e. The largest absolute Gasteiger partial charge is 0.294 e. The molecule has 6 aromatic carbocycles. The molecule has 0 radical (unpaired) electrons. The molecule has 0 heterocycles. The van der Waals surface area contributed by atoms with Gasteiger partial charge in [-0.1, -0.05) is 182 Å². The SMILES string of the molecule is O=C(CC(=O)c1ccccc1)c1ccccc1.O=C(CC(=O)c1ccccc1)c1ccccc1.O=C(CC(=O)c1ccccc1)c1ccccc1.[SiH4]. The van der Waals surface area contributed by atoms with E-state index in [0.717, 1.165) is 0 Å². The molecule has 0 N–H and O–H groups in total. The maximum Gasteiger partial charge on any atom is 0.170 e. The van der Waals surface area contributed by atoms with E-state index < -0.39 is 0 Å². The van der Waals surface area contributed by atoms with Gasteiger partial charge in [-0.05, 0) is 11.0 Å². The lowest BCUT2D eigenvalue weighted by Crippen LogP contribution is -2.08. The van der Waals surface area contributed by atoms with Gasteiger partial charge < -0.3 is 0 Å². The molecule has 0 aliphatic carbocycles. The number of ketones is 6. The number of carbonyl (C=O) groups excluding carboxylic acids is 6. The number of Topliss-reactive ketones (excluding diaryl/α,β-unsaturated/α-hetero) is 6. The van der Waals surface area contributed by atoms with Gasteiger partial charge in [0.05, 0.1) is 19.3 Å². The van der Waals surface area contributed by atoms with E-state index in [1.54, 1.807) is 146 Å². The molecular formula is C45H40O6Si. The van der Waals surface area contributed by atoms with Crippen molar-refractivity contribution in [1.29, 1.82) is 0 Å². The minimum absolute atomic E-state index is 0. The lowest BCUT2D eigenvalue weighted by Gasteiger charge is -2.00. The van der Waals surface area contributed by atoms with Gasteiger partial charge in [0.1, 0.15) is 0 Å². The van der Waals surface area contributed by atoms with Gasteiger partial charge in [-0.15, -0.1) is 0 Å². The third-order valence-corrected chi connectivity index (χ3v) is 7.54. The van der Waals surface area contributed by atoms with Gasteiger partial charge in [-0.3, -0.25) is 28.8 Å². The highest BCUT2D eigenvalue weighted by Crippen LogP contribution is 2.11. The zero-order chi connectivity index (χ0) is 36.3. The maximum atomic E-state index is 11.8. The molecule has 6 nitrogen and oxygen atoms in total. The van der Waals surface area contributed by atoms with Crippen LogP contribution in [0.1, 0.15) is 81.4 Å². The van der Waals surface area contributed by atoms with Gasteiger partial charge in [-0.2, -0.15) is 0 Å². The van der Waals surface area contributed by atoms with Crippen LogP contribution in [0.15, 0.2) is 182 Å². The number of benzene rings is 6. The summed E-state index contributed by atoms with van der Waals surface area (Å²) in [6.07, 6.45) is -0.226. The van der Waals surface area contributed by atoms with E-state index >= 15 is 0 Å².